The van der Waals surface area contributed by atoms with Gasteiger partial charge in [-0.2, -0.15) is 5.26 Å². The summed E-state index contributed by atoms with van der Waals surface area (Å²) in [4.78, 5) is 0. The molecule has 214 valence electrons. The van der Waals surface area contributed by atoms with Gasteiger partial charge in [0, 0.05) is 32.7 Å². The first-order chi connectivity index (χ1) is 22.8. The molecule has 0 saturated heterocycles. The molecular weight excluding hydrogens is 562 g/mol. The van der Waals surface area contributed by atoms with E-state index < -0.39 is 0 Å². The Bertz CT molecular complexity index is 2520. The summed E-state index contributed by atoms with van der Waals surface area (Å²) in [5.41, 5.74) is 12.0. The summed E-state index contributed by atoms with van der Waals surface area (Å²) in [6, 6.07) is 54.2. The quantitative estimate of drug-likeness (QED) is 0.206. The van der Waals surface area contributed by atoms with E-state index in [0.29, 0.717) is 5.56 Å². The van der Waals surface area contributed by atoms with E-state index in [1.165, 1.54) is 0 Å². The minimum atomic E-state index is 0.621. The van der Waals surface area contributed by atoms with E-state index in [-0.39, 0.29) is 0 Å². The first-order valence-electron chi connectivity index (χ1n) is 15.3. The number of nitriles is 1. The Kier molecular flexibility index (Phi) is 5.88. The van der Waals surface area contributed by atoms with Crippen molar-refractivity contribution >= 4 is 43.9 Å². The molecule has 3 nitrogen and oxygen atoms in total. The highest BCUT2D eigenvalue weighted by atomic mass is 16.3. The minimum Gasteiger partial charge on any atom is -0.455 e. The number of benzene rings is 7. The van der Waals surface area contributed by atoms with E-state index >= 15 is 0 Å². The third kappa shape index (κ3) is 3.98. The van der Waals surface area contributed by atoms with Gasteiger partial charge in [-0.3, -0.25) is 0 Å². The maximum absolute atomic E-state index is 10.1. The molecule has 0 aliphatic heterocycles. The summed E-state index contributed by atoms with van der Waals surface area (Å²) in [6.45, 7) is 0. The van der Waals surface area contributed by atoms with E-state index in [2.05, 4.69) is 91.0 Å². The van der Waals surface area contributed by atoms with Crippen molar-refractivity contribution in [2.45, 2.75) is 0 Å². The molecule has 2 aromatic heterocycles. The lowest BCUT2D eigenvalue weighted by molar-refractivity contribution is 0.670. The average Bonchev–Trinajstić information content (AvgIpc) is 3.70. The number of nitrogens with zero attached hydrogens (tertiary/aromatic N) is 1. The maximum atomic E-state index is 10.1. The summed E-state index contributed by atoms with van der Waals surface area (Å²) in [5, 5.41) is 14.4. The molecule has 9 aromatic rings. The molecular formula is C43H25NO2. The van der Waals surface area contributed by atoms with Crippen molar-refractivity contribution in [1.29, 1.82) is 5.26 Å². The zero-order valence-electron chi connectivity index (χ0n) is 24.7. The van der Waals surface area contributed by atoms with Crippen LogP contribution in [0, 0.1) is 11.3 Å². The van der Waals surface area contributed by atoms with Crippen molar-refractivity contribution in [3.8, 4) is 50.6 Å². The van der Waals surface area contributed by atoms with E-state index in [0.717, 1.165) is 88.4 Å². The number of para-hydroxylation sites is 4. The van der Waals surface area contributed by atoms with Crippen LogP contribution in [-0.2, 0) is 0 Å². The zero-order chi connectivity index (χ0) is 30.6. The molecule has 0 atom stereocenters. The maximum Gasteiger partial charge on any atom is 0.143 e. The van der Waals surface area contributed by atoms with Crippen LogP contribution in [0.15, 0.2) is 160 Å². The minimum absolute atomic E-state index is 0.621. The number of fused-ring (bicyclic) bond motifs is 6. The Hall–Kier alpha value is -6.37. The van der Waals surface area contributed by atoms with E-state index in [4.69, 9.17) is 8.83 Å². The molecule has 7 aromatic carbocycles. The van der Waals surface area contributed by atoms with Gasteiger partial charge < -0.3 is 8.83 Å². The van der Waals surface area contributed by atoms with Crippen LogP contribution in [0.25, 0.3) is 88.4 Å². The van der Waals surface area contributed by atoms with Crippen LogP contribution >= 0.6 is 0 Å². The van der Waals surface area contributed by atoms with Crippen LogP contribution in [0.1, 0.15) is 5.56 Å². The van der Waals surface area contributed by atoms with Gasteiger partial charge >= 0.3 is 0 Å². The smallest absolute Gasteiger partial charge is 0.143 e. The highest BCUT2D eigenvalue weighted by Gasteiger charge is 2.23. The van der Waals surface area contributed by atoms with Crippen LogP contribution in [0.3, 0.4) is 0 Å². The molecule has 0 radical (unpaired) electrons. The number of rotatable bonds is 4. The Morgan fingerprint density at radius 2 is 0.870 bits per heavy atom. The molecule has 0 aliphatic rings. The van der Waals surface area contributed by atoms with Gasteiger partial charge in [0.05, 0.1) is 11.6 Å². The van der Waals surface area contributed by atoms with Gasteiger partial charge in [0.1, 0.15) is 22.3 Å². The lowest BCUT2D eigenvalue weighted by Gasteiger charge is -2.19. The fourth-order valence-electron chi connectivity index (χ4n) is 6.89. The Morgan fingerprint density at radius 1 is 0.391 bits per heavy atom. The van der Waals surface area contributed by atoms with Gasteiger partial charge in [0.15, 0.2) is 0 Å². The van der Waals surface area contributed by atoms with Crippen molar-refractivity contribution < 1.29 is 8.83 Å². The summed E-state index contributed by atoms with van der Waals surface area (Å²) < 4.78 is 13.2. The predicted octanol–water partition coefficient (Wildman–Crippen LogP) is 12.0. The summed E-state index contributed by atoms with van der Waals surface area (Å²) in [6.07, 6.45) is 0. The summed E-state index contributed by atoms with van der Waals surface area (Å²) in [5.74, 6) is 0. The number of furan rings is 2. The molecule has 0 aliphatic carbocycles. The Balaban J connectivity index is 1.46. The van der Waals surface area contributed by atoms with Gasteiger partial charge in [-0.15, -0.1) is 0 Å². The molecule has 0 amide bonds. The second kappa shape index (κ2) is 10.4. The molecule has 3 heteroatoms. The van der Waals surface area contributed by atoms with Crippen molar-refractivity contribution in [1.82, 2.24) is 0 Å². The van der Waals surface area contributed by atoms with Crippen LogP contribution in [-0.4, -0.2) is 0 Å². The lowest BCUT2D eigenvalue weighted by atomic mass is 9.83. The van der Waals surface area contributed by atoms with Crippen LogP contribution in [0.5, 0.6) is 0 Å². The number of hydrogen-bond acceptors (Lipinski definition) is 3. The number of hydrogen-bond donors (Lipinski definition) is 0. The van der Waals surface area contributed by atoms with Crippen molar-refractivity contribution in [2.24, 2.45) is 0 Å². The van der Waals surface area contributed by atoms with Crippen LogP contribution in [0.4, 0.5) is 0 Å². The van der Waals surface area contributed by atoms with Crippen molar-refractivity contribution in [3.63, 3.8) is 0 Å². The molecule has 9 rings (SSSR count). The van der Waals surface area contributed by atoms with Crippen molar-refractivity contribution in [3.05, 3.63) is 157 Å². The second-order valence-corrected chi connectivity index (χ2v) is 11.5. The van der Waals surface area contributed by atoms with Gasteiger partial charge in [-0.25, -0.2) is 0 Å². The monoisotopic (exact) mass is 587 g/mol. The third-order valence-electron chi connectivity index (χ3n) is 8.95. The predicted molar refractivity (Wildman–Crippen MR) is 187 cm³/mol. The van der Waals surface area contributed by atoms with Crippen LogP contribution in [0.2, 0.25) is 0 Å². The summed E-state index contributed by atoms with van der Waals surface area (Å²) in [7, 11) is 0. The standard InChI is InChI=1S/C43H25NO2/c44-26-28-14-4-5-15-30(28)29-24-37(35-20-10-18-33-31-16-6-8-22-39(31)45-42(33)35)41(27-12-2-1-3-13-27)38(25-29)36-21-11-19-34-32-17-7-9-23-40(32)46-43(34)36/h1-25H. The molecule has 0 unspecified atom stereocenters. The van der Waals surface area contributed by atoms with Gasteiger partial charge in [-0.05, 0) is 63.7 Å². The normalized spacial score (nSPS) is 11.5. The Labute approximate surface area is 265 Å². The topological polar surface area (TPSA) is 50.1 Å². The molecule has 0 N–H and O–H groups in total. The fraction of sp³-hybridized carbons (Fsp3) is 0. The molecule has 0 bridgehead atoms. The zero-order valence-corrected chi connectivity index (χ0v) is 24.7. The molecule has 46 heavy (non-hydrogen) atoms. The van der Waals surface area contributed by atoms with Gasteiger partial charge in [0.2, 0.25) is 0 Å². The van der Waals surface area contributed by atoms with E-state index in [9.17, 15) is 5.26 Å². The van der Waals surface area contributed by atoms with Crippen molar-refractivity contribution in [2.75, 3.05) is 0 Å². The highest BCUT2D eigenvalue weighted by Crippen LogP contribution is 2.48. The first-order valence-corrected chi connectivity index (χ1v) is 15.3. The largest absolute Gasteiger partial charge is 0.455 e. The molecule has 2 heterocycles. The molecule has 0 spiro atoms. The van der Waals surface area contributed by atoms with E-state index in [1.54, 1.807) is 0 Å². The summed E-state index contributed by atoms with van der Waals surface area (Å²) >= 11 is 0. The molecule has 0 saturated carbocycles. The lowest BCUT2D eigenvalue weighted by Crippen LogP contribution is -1.95. The van der Waals surface area contributed by atoms with E-state index in [1.807, 2.05) is 66.7 Å². The van der Waals surface area contributed by atoms with Crippen LogP contribution < -0.4 is 0 Å². The SMILES string of the molecule is N#Cc1ccccc1-c1cc(-c2cccc3c2oc2ccccc23)c(-c2ccccc2)c(-c2cccc3c2oc2ccccc23)c1. The van der Waals surface area contributed by atoms with Gasteiger partial charge in [-0.1, -0.05) is 121 Å². The van der Waals surface area contributed by atoms with Gasteiger partial charge in [0.25, 0.3) is 0 Å². The third-order valence-corrected chi connectivity index (χ3v) is 8.95. The average molecular weight is 588 g/mol. The molecule has 0 fully saturated rings. The Morgan fingerprint density at radius 3 is 1.46 bits per heavy atom. The highest BCUT2D eigenvalue weighted by molar-refractivity contribution is 6.14. The second-order valence-electron chi connectivity index (χ2n) is 11.5. The fourth-order valence-corrected chi connectivity index (χ4v) is 6.89. The first kappa shape index (κ1) is 26.1.